The second-order valence-corrected chi connectivity index (χ2v) is 11.6. The van der Waals surface area contributed by atoms with Gasteiger partial charge in [0.15, 0.2) is 0 Å². The van der Waals surface area contributed by atoms with E-state index in [1.807, 2.05) is 13.8 Å². The predicted octanol–water partition coefficient (Wildman–Crippen LogP) is 6.49. The van der Waals surface area contributed by atoms with Gasteiger partial charge in [0.2, 0.25) is 0 Å². The minimum atomic E-state index is -0.117. The molecule has 1 N–H and O–H groups in total. The van der Waals surface area contributed by atoms with Crippen LogP contribution in [0, 0.1) is 40.4 Å². The molecule has 0 saturated heterocycles. The standard InChI is InChI=1S/C27H42O2/c1-17(2)25(29)11-6-18(3)22-9-10-23-21-8-7-19-16-20(28)12-14-26(19,4)24(21)13-15-27(22,23)5/h7,9,17-18,20-21,23-24,28H,6,8,10-16H2,1-5H3/t18?,20-,21-,23-,24-,26-,27+/m0/s1. The largest absolute Gasteiger partial charge is 0.393 e. The van der Waals surface area contributed by atoms with E-state index in [1.165, 1.54) is 32.1 Å². The first-order valence-electron chi connectivity index (χ1n) is 12.3. The molecule has 2 nitrogen and oxygen atoms in total. The number of hydrogen-bond acceptors (Lipinski definition) is 2. The molecule has 0 radical (unpaired) electrons. The topological polar surface area (TPSA) is 37.3 Å². The van der Waals surface area contributed by atoms with Crippen LogP contribution in [0.3, 0.4) is 0 Å². The molecule has 162 valence electrons. The van der Waals surface area contributed by atoms with Crippen LogP contribution in [0.5, 0.6) is 0 Å². The lowest BCUT2D eigenvalue weighted by Gasteiger charge is -2.58. The van der Waals surface area contributed by atoms with Crippen molar-refractivity contribution in [2.75, 3.05) is 0 Å². The minimum Gasteiger partial charge on any atom is -0.393 e. The number of fused-ring (bicyclic) bond motifs is 5. The third-order valence-corrected chi connectivity index (χ3v) is 9.72. The Balaban J connectivity index is 1.50. The highest BCUT2D eigenvalue weighted by atomic mass is 16.3. The van der Waals surface area contributed by atoms with Crippen molar-refractivity contribution in [3.8, 4) is 0 Å². The number of hydrogen-bond donors (Lipinski definition) is 1. The molecular weight excluding hydrogens is 356 g/mol. The van der Waals surface area contributed by atoms with Crippen molar-refractivity contribution >= 4 is 5.78 Å². The zero-order chi connectivity index (χ0) is 21.0. The number of allylic oxidation sites excluding steroid dienone is 3. The van der Waals surface area contributed by atoms with E-state index in [0.29, 0.717) is 22.5 Å². The molecule has 0 bridgehead atoms. The summed E-state index contributed by atoms with van der Waals surface area (Å²) in [6.07, 6.45) is 14.9. The average molecular weight is 399 g/mol. The first-order chi connectivity index (χ1) is 13.7. The molecule has 0 aromatic rings. The van der Waals surface area contributed by atoms with Crippen molar-refractivity contribution in [1.29, 1.82) is 0 Å². The lowest BCUT2D eigenvalue weighted by molar-refractivity contribution is -0.122. The summed E-state index contributed by atoms with van der Waals surface area (Å²) in [6.45, 7) is 11.5. The Morgan fingerprint density at radius 3 is 2.52 bits per heavy atom. The number of ketones is 1. The van der Waals surface area contributed by atoms with E-state index in [9.17, 15) is 9.90 Å². The fourth-order valence-electron chi connectivity index (χ4n) is 7.81. The van der Waals surface area contributed by atoms with E-state index < -0.39 is 0 Å². The van der Waals surface area contributed by atoms with Crippen molar-refractivity contribution < 1.29 is 9.90 Å². The second-order valence-electron chi connectivity index (χ2n) is 11.6. The maximum atomic E-state index is 12.2. The Morgan fingerprint density at radius 1 is 1.07 bits per heavy atom. The SMILES string of the molecule is CC(C)C(=O)CCC(C)C1=CC[C@H]2[C@@H]3CC=C4C[C@@H](O)CC[C@]4(C)[C@H]3CC[C@]12C. The van der Waals surface area contributed by atoms with E-state index in [-0.39, 0.29) is 12.0 Å². The molecule has 4 rings (SSSR count). The molecule has 0 amide bonds. The predicted molar refractivity (Wildman–Crippen MR) is 119 cm³/mol. The molecule has 7 atom stereocenters. The van der Waals surface area contributed by atoms with Crippen LogP contribution in [0.25, 0.3) is 0 Å². The lowest BCUT2D eigenvalue weighted by atomic mass is 9.47. The Bertz CT molecular complexity index is 716. The third-order valence-electron chi connectivity index (χ3n) is 9.72. The van der Waals surface area contributed by atoms with Gasteiger partial charge < -0.3 is 5.11 Å². The molecule has 0 aromatic carbocycles. The molecule has 29 heavy (non-hydrogen) atoms. The Kier molecular flexibility index (Phi) is 5.64. The van der Waals surface area contributed by atoms with Crippen molar-refractivity contribution in [2.24, 2.45) is 40.4 Å². The fraction of sp³-hybridized carbons (Fsp3) is 0.815. The Morgan fingerprint density at radius 2 is 1.79 bits per heavy atom. The van der Waals surface area contributed by atoms with Crippen LogP contribution in [0.4, 0.5) is 0 Å². The van der Waals surface area contributed by atoms with Crippen LogP contribution in [0.2, 0.25) is 0 Å². The highest BCUT2D eigenvalue weighted by molar-refractivity contribution is 5.80. The van der Waals surface area contributed by atoms with Gasteiger partial charge in [0.05, 0.1) is 6.10 Å². The number of Topliss-reactive ketones (excluding diaryl/α,β-unsaturated/α-hetero) is 1. The number of carbonyl (C=O) groups is 1. The zero-order valence-electron chi connectivity index (χ0n) is 19.3. The molecule has 4 aliphatic rings. The summed E-state index contributed by atoms with van der Waals surface area (Å²) in [5, 5.41) is 10.2. The monoisotopic (exact) mass is 398 g/mol. The van der Waals surface area contributed by atoms with Gasteiger partial charge in [-0.2, -0.15) is 0 Å². The van der Waals surface area contributed by atoms with Crippen LogP contribution < -0.4 is 0 Å². The fourth-order valence-corrected chi connectivity index (χ4v) is 7.81. The van der Waals surface area contributed by atoms with E-state index in [0.717, 1.165) is 43.4 Å². The first kappa shape index (κ1) is 21.3. The summed E-state index contributed by atoms with van der Waals surface area (Å²) in [4.78, 5) is 12.2. The average Bonchev–Trinajstić information content (AvgIpc) is 3.03. The lowest BCUT2D eigenvalue weighted by Crippen LogP contribution is -2.50. The van der Waals surface area contributed by atoms with Gasteiger partial charge in [0.1, 0.15) is 5.78 Å². The van der Waals surface area contributed by atoms with Gasteiger partial charge in [-0.3, -0.25) is 4.79 Å². The molecule has 0 aromatic heterocycles. The Labute approximate surface area is 178 Å². The zero-order valence-corrected chi connectivity index (χ0v) is 19.3. The second kappa shape index (κ2) is 7.66. The quantitative estimate of drug-likeness (QED) is 0.538. The van der Waals surface area contributed by atoms with Crippen LogP contribution in [0.1, 0.15) is 92.4 Å². The maximum absolute atomic E-state index is 12.2. The van der Waals surface area contributed by atoms with Crippen molar-refractivity contribution in [2.45, 2.75) is 98.5 Å². The summed E-state index contributed by atoms with van der Waals surface area (Å²) in [6, 6.07) is 0. The summed E-state index contributed by atoms with van der Waals surface area (Å²) in [7, 11) is 0. The molecule has 0 aliphatic heterocycles. The van der Waals surface area contributed by atoms with Gasteiger partial charge in [0, 0.05) is 12.3 Å². The minimum absolute atomic E-state index is 0.117. The van der Waals surface area contributed by atoms with Crippen molar-refractivity contribution in [3.05, 3.63) is 23.3 Å². The smallest absolute Gasteiger partial charge is 0.135 e. The summed E-state index contributed by atoms with van der Waals surface area (Å²) in [5.74, 6) is 3.45. The molecule has 2 heteroatoms. The number of carbonyl (C=O) groups excluding carboxylic acids is 1. The van der Waals surface area contributed by atoms with Crippen LogP contribution in [0.15, 0.2) is 23.3 Å². The van der Waals surface area contributed by atoms with Gasteiger partial charge in [-0.1, -0.05) is 57.9 Å². The maximum Gasteiger partial charge on any atom is 0.135 e. The van der Waals surface area contributed by atoms with Gasteiger partial charge in [-0.05, 0) is 85.9 Å². The number of rotatable bonds is 5. The van der Waals surface area contributed by atoms with E-state index in [4.69, 9.17) is 0 Å². The van der Waals surface area contributed by atoms with Crippen molar-refractivity contribution in [1.82, 2.24) is 0 Å². The van der Waals surface area contributed by atoms with Crippen molar-refractivity contribution in [3.63, 3.8) is 0 Å². The molecule has 2 fully saturated rings. The number of aliphatic hydroxyl groups excluding tert-OH is 1. The van der Waals surface area contributed by atoms with Gasteiger partial charge in [0.25, 0.3) is 0 Å². The number of aliphatic hydroxyl groups is 1. The van der Waals surface area contributed by atoms with E-state index >= 15 is 0 Å². The Hall–Kier alpha value is -0.890. The van der Waals surface area contributed by atoms with Gasteiger partial charge in [-0.15, -0.1) is 0 Å². The molecule has 2 saturated carbocycles. The van der Waals surface area contributed by atoms with Gasteiger partial charge >= 0.3 is 0 Å². The summed E-state index contributed by atoms with van der Waals surface area (Å²) < 4.78 is 0. The molecule has 0 spiro atoms. The first-order valence-corrected chi connectivity index (χ1v) is 12.3. The van der Waals surface area contributed by atoms with Crippen LogP contribution >= 0.6 is 0 Å². The highest BCUT2D eigenvalue weighted by Gasteiger charge is 2.56. The molecular formula is C27H42O2. The van der Waals surface area contributed by atoms with E-state index in [2.05, 4.69) is 32.9 Å². The van der Waals surface area contributed by atoms with Gasteiger partial charge in [-0.25, -0.2) is 0 Å². The van der Waals surface area contributed by atoms with Crippen LogP contribution in [-0.2, 0) is 4.79 Å². The van der Waals surface area contributed by atoms with Crippen LogP contribution in [-0.4, -0.2) is 17.0 Å². The third kappa shape index (κ3) is 3.48. The highest BCUT2D eigenvalue weighted by Crippen LogP contribution is 2.65. The summed E-state index contributed by atoms with van der Waals surface area (Å²) >= 11 is 0. The molecule has 1 unspecified atom stereocenters. The normalized spacial score (nSPS) is 42.4. The van der Waals surface area contributed by atoms with E-state index in [1.54, 1.807) is 11.1 Å². The summed E-state index contributed by atoms with van der Waals surface area (Å²) in [5.41, 5.74) is 3.88. The molecule has 4 aliphatic carbocycles. The molecule has 0 heterocycles.